The quantitative estimate of drug-likeness (QED) is 0.146. The van der Waals surface area contributed by atoms with Gasteiger partial charge in [-0.2, -0.15) is 13.8 Å². The van der Waals surface area contributed by atoms with Gasteiger partial charge in [-0.15, -0.1) is 0 Å². The molecule has 3 N–H and O–H groups in total. The number of imide groups is 1. The van der Waals surface area contributed by atoms with E-state index in [2.05, 4.69) is 35.7 Å². The minimum Gasteiger partial charge on any atom is -0.495 e. The first-order valence-corrected chi connectivity index (χ1v) is 23.9. The van der Waals surface area contributed by atoms with Gasteiger partial charge in [-0.1, -0.05) is 18.9 Å². The molecule has 20 heteroatoms. The van der Waals surface area contributed by atoms with Crippen LogP contribution in [-0.4, -0.2) is 158 Å². The molecule has 0 bridgehead atoms. The first-order valence-electron chi connectivity index (χ1n) is 23.9. The van der Waals surface area contributed by atoms with Crippen molar-refractivity contribution in [2.45, 2.75) is 101 Å². The van der Waals surface area contributed by atoms with Gasteiger partial charge in [-0.25, -0.2) is 4.98 Å². The van der Waals surface area contributed by atoms with Gasteiger partial charge in [-0.3, -0.25) is 39.1 Å². The molecule has 9 rings (SSSR count). The summed E-state index contributed by atoms with van der Waals surface area (Å²) in [5.74, 6) is -4.64. The maximum Gasteiger partial charge on any atom is 0.342 e. The van der Waals surface area contributed by atoms with Crippen molar-refractivity contribution in [1.29, 1.82) is 0 Å². The van der Waals surface area contributed by atoms with Gasteiger partial charge in [0.05, 0.1) is 45.3 Å². The number of piperidine rings is 1. The van der Waals surface area contributed by atoms with Crippen LogP contribution < -0.4 is 35.2 Å². The van der Waals surface area contributed by atoms with E-state index >= 15 is 8.78 Å². The van der Waals surface area contributed by atoms with Gasteiger partial charge in [0.2, 0.25) is 17.8 Å². The lowest BCUT2D eigenvalue weighted by Gasteiger charge is -2.42. The minimum atomic E-state index is -3.58. The minimum absolute atomic E-state index is 0.0518. The van der Waals surface area contributed by atoms with Gasteiger partial charge in [0.15, 0.2) is 5.82 Å². The van der Waals surface area contributed by atoms with Crippen LogP contribution in [0.4, 0.5) is 31.9 Å². The molecule has 18 nitrogen and oxygen atoms in total. The fourth-order valence-electron chi connectivity index (χ4n) is 10.6. The van der Waals surface area contributed by atoms with Crippen molar-refractivity contribution in [3.8, 4) is 11.5 Å². The highest BCUT2D eigenvalue weighted by atomic mass is 19.3. The predicted octanol–water partition coefficient (Wildman–Crippen LogP) is 4.10. The molecular formula is C48H60F2N10O8. The van der Waals surface area contributed by atoms with E-state index in [1.165, 1.54) is 25.3 Å². The van der Waals surface area contributed by atoms with Crippen LogP contribution in [0.15, 0.2) is 42.6 Å². The number of methoxy groups -OCH3 is 1. The van der Waals surface area contributed by atoms with Crippen molar-refractivity contribution in [2.75, 3.05) is 88.4 Å². The number of nitrogens with one attached hydrogen (secondary N) is 3. The second kappa shape index (κ2) is 20.3. The Morgan fingerprint density at radius 2 is 1.68 bits per heavy atom. The molecule has 2 saturated heterocycles. The van der Waals surface area contributed by atoms with Crippen molar-refractivity contribution in [3.63, 3.8) is 0 Å². The summed E-state index contributed by atoms with van der Waals surface area (Å²) < 4.78 is 47.8. The van der Waals surface area contributed by atoms with E-state index in [4.69, 9.17) is 14.2 Å². The second-order valence-electron chi connectivity index (χ2n) is 18.6. The summed E-state index contributed by atoms with van der Waals surface area (Å²) in [6, 6.07) is 10.1. The number of halogens is 2. The van der Waals surface area contributed by atoms with Crippen LogP contribution in [0.3, 0.4) is 0 Å². The fourth-order valence-corrected chi connectivity index (χ4v) is 10.6. The Kier molecular flexibility index (Phi) is 14.1. The molecule has 1 atom stereocenters. The molecule has 1 unspecified atom stereocenters. The molecule has 6 aliphatic rings. The van der Waals surface area contributed by atoms with Gasteiger partial charge < -0.3 is 39.5 Å². The number of anilines is 4. The lowest BCUT2D eigenvalue weighted by atomic mass is 9.89. The lowest BCUT2D eigenvalue weighted by molar-refractivity contribution is -0.140. The zero-order chi connectivity index (χ0) is 47.5. The molecule has 5 heterocycles. The number of ether oxygens (including phenoxy) is 3. The maximum atomic E-state index is 15.1. The standard InChI is InChI=1S/C48H60F2N10O8/c1-56-38-27-51-47(55-42(38)60(33-6-3-4-7-33)29-48(49,50)46(56)65)53-36-15-10-30(26-40(36)66-2)43(62)52-31-11-13-32(14-12-31)58-20-18-57(19-21-58)22-23-67-24-25-68-39-9-5-8-34-35(39)28-59(45(34)64)37-16-17-41(61)54-44(37)63/h5,8-10,15,26-27,31-33,37H,3-4,6-7,11-14,16-25,28-29H2,1-2H3,(H,52,62)(H,51,53,55)(H,54,61,63)/t31-,32-,37?. The van der Waals surface area contributed by atoms with E-state index in [1.54, 1.807) is 35.2 Å². The first-order chi connectivity index (χ1) is 32.9. The molecule has 2 aromatic carbocycles. The van der Waals surface area contributed by atoms with Crippen molar-refractivity contribution < 1.29 is 47.0 Å². The molecular weight excluding hydrogens is 883 g/mol. The zero-order valence-electron chi connectivity index (χ0n) is 38.6. The number of aromatic nitrogens is 2. The molecule has 0 radical (unpaired) electrons. The molecule has 4 fully saturated rings. The average Bonchev–Trinajstić information content (AvgIpc) is 3.99. The predicted molar refractivity (Wildman–Crippen MR) is 247 cm³/mol. The fraction of sp³-hybridized carbons (Fsp3) is 0.562. The van der Waals surface area contributed by atoms with E-state index in [-0.39, 0.29) is 60.2 Å². The summed E-state index contributed by atoms with van der Waals surface area (Å²) in [5.41, 5.74) is 2.42. The van der Waals surface area contributed by atoms with Gasteiger partial charge in [0, 0.05) is 81.0 Å². The number of alkyl halides is 2. The van der Waals surface area contributed by atoms with Crippen LogP contribution >= 0.6 is 0 Å². The first kappa shape index (κ1) is 47.1. The molecule has 68 heavy (non-hydrogen) atoms. The van der Waals surface area contributed by atoms with Gasteiger partial charge in [0.25, 0.3) is 17.7 Å². The van der Waals surface area contributed by atoms with Gasteiger partial charge in [0.1, 0.15) is 29.8 Å². The molecule has 5 amide bonds. The molecule has 0 spiro atoms. The smallest absolute Gasteiger partial charge is 0.342 e. The number of hydrogen-bond donors (Lipinski definition) is 3. The Hall–Kier alpha value is -5.99. The highest BCUT2D eigenvalue weighted by molar-refractivity contribution is 6.06. The third-order valence-corrected chi connectivity index (χ3v) is 14.4. The summed E-state index contributed by atoms with van der Waals surface area (Å²) in [6.07, 6.45) is 8.96. The normalized spacial score (nSPS) is 23.5. The molecule has 4 aliphatic heterocycles. The van der Waals surface area contributed by atoms with Crippen molar-refractivity contribution in [3.05, 3.63) is 59.3 Å². The van der Waals surface area contributed by atoms with Crippen LogP contribution in [0.1, 0.15) is 90.5 Å². The Balaban J connectivity index is 0.688. The topological polar surface area (TPSA) is 191 Å². The van der Waals surface area contributed by atoms with Crippen LogP contribution in [-0.2, 0) is 25.7 Å². The van der Waals surface area contributed by atoms with Crippen molar-refractivity contribution in [2.24, 2.45) is 0 Å². The number of piperazine rings is 1. The van der Waals surface area contributed by atoms with Crippen LogP contribution in [0, 0.1) is 0 Å². The highest BCUT2D eigenvalue weighted by Gasteiger charge is 2.49. The lowest BCUT2D eigenvalue weighted by Crippen LogP contribution is -2.52. The summed E-state index contributed by atoms with van der Waals surface area (Å²) in [5, 5.41) is 8.70. The summed E-state index contributed by atoms with van der Waals surface area (Å²) in [4.78, 5) is 81.4. The van der Waals surface area contributed by atoms with E-state index in [1.807, 2.05) is 6.07 Å². The SMILES string of the molecule is COc1cc(C(=O)N[C@H]2CC[C@H](N3CCN(CCOCCOc4cccc5c4CN(C4CCC(=O)NC4=O)C5=O)CC3)CC2)ccc1Nc1ncc2c(n1)N(C1CCCC1)CC(F)(F)C(=O)N2C. The second-order valence-corrected chi connectivity index (χ2v) is 18.6. The summed E-state index contributed by atoms with van der Waals surface area (Å²) in [6.45, 7) is 5.46. The van der Waals surface area contributed by atoms with E-state index < -0.39 is 30.3 Å². The molecule has 2 aliphatic carbocycles. The monoisotopic (exact) mass is 942 g/mol. The number of amides is 5. The maximum absolute atomic E-state index is 15.1. The number of carbonyl (C=O) groups is 5. The third-order valence-electron chi connectivity index (χ3n) is 14.4. The van der Waals surface area contributed by atoms with E-state index in [9.17, 15) is 24.0 Å². The Morgan fingerprint density at radius 1 is 0.897 bits per heavy atom. The molecule has 1 aromatic heterocycles. The van der Waals surface area contributed by atoms with Gasteiger partial charge >= 0.3 is 5.92 Å². The molecule has 364 valence electrons. The zero-order valence-corrected chi connectivity index (χ0v) is 38.6. The Bertz CT molecular complexity index is 2390. The number of fused-ring (bicyclic) bond motifs is 2. The summed E-state index contributed by atoms with van der Waals surface area (Å²) >= 11 is 0. The summed E-state index contributed by atoms with van der Waals surface area (Å²) in [7, 11) is 2.82. The number of rotatable bonds is 15. The largest absolute Gasteiger partial charge is 0.495 e. The van der Waals surface area contributed by atoms with Crippen LogP contribution in [0.5, 0.6) is 11.5 Å². The van der Waals surface area contributed by atoms with E-state index in [0.29, 0.717) is 60.6 Å². The number of benzene rings is 2. The van der Waals surface area contributed by atoms with Crippen molar-refractivity contribution >= 4 is 52.7 Å². The van der Waals surface area contributed by atoms with Crippen LogP contribution in [0.2, 0.25) is 0 Å². The van der Waals surface area contributed by atoms with Gasteiger partial charge in [-0.05, 0) is 75.3 Å². The molecule has 3 aromatic rings. The Morgan fingerprint density at radius 3 is 2.43 bits per heavy atom. The number of nitrogens with zero attached hydrogens (tertiary/aromatic N) is 7. The van der Waals surface area contributed by atoms with Crippen molar-refractivity contribution in [1.82, 2.24) is 35.3 Å². The number of hydrogen-bond acceptors (Lipinski definition) is 14. The molecule has 2 saturated carbocycles. The highest BCUT2D eigenvalue weighted by Crippen LogP contribution is 2.40. The third kappa shape index (κ3) is 10.1. The van der Waals surface area contributed by atoms with E-state index in [0.717, 1.165) is 94.6 Å². The Labute approximate surface area is 394 Å². The number of carbonyl (C=O) groups excluding carboxylic acids is 5. The van der Waals surface area contributed by atoms with Crippen LogP contribution in [0.25, 0.3) is 0 Å². The average molecular weight is 943 g/mol.